The Morgan fingerprint density at radius 2 is 1.73 bits per heavy atom. The highest BCUT2D eigenvalue weighted by Gasteiger charge is 2.48. The molecule has 1 fully saturated rings. The van der Waals surface area contributed by atoms with Gasteiger partial charge in [0, 0.05) is 31.5 Å². The number of aromatic nitrogens is 1. The van der Waals surface area contributed by atoms with Gasteiger partial charge in [-0.3, -0.25) is 14.6 Å². The number of carbonyl (C=O) groups excluding carboxylic acids is 2. The van der Waals surface area contributed by atoms with E-state index in [4.69, 9.17) is 14.6 Å². The lowest BCUT2D eigenvalue weighted by atomic mass is 10.0. The van der Waals surface area contributed by atoms with Crippen LogP contribution in [0.3, 0.4) is 0 Å². The number of carboxylic acids is 1. The zero-order valence-corrected chi connectivity index (χ0v) is 22.6. The first kappa shape index (κ1) is 29.0. The van der Waals surface area contributed by atoms with Gasteiger partial charge in [-0.05, 0) is 66.6 Å². The van der Waals surface area contributed by atoms with Gasteiger partial charge in [-0.15, -0.1) is 5.43 Å². The van der Waals surface area contributed by atoms with Gasteiger partial charge in [0.05, 0.1) is 23.5 Å². The first-order valence-corrected chi connectivity index (χ1v) is 13.2. The molecule has 4 rings (SSSR count). The molecule has 1 saturated heterocycles. The average molecular weight is 563 g/mol. The summed E-state index contributed by atoms with van der Waals surface area (Å²) in [6, 6.07) is 15.6. The number of nitroso groups, excluding NO2 is 1. The molecule has 0 bridgehead atoms. The molecule has 0 spiro atoms. The Hall–Kier alpha value is -5.00. The number of amides is 2. The van der Waals surface area contributed by atoms with Gasteiger partial charge in [-0.1, -0.05) is 6.07 Å². The molecule has 41 heavy (non-hydrogen) atoms. The summed E-state index contributed by atoms with van der Waals surface area (Å²) < 4.78 is 11.4. The fraction of sp³-hybridized carbons (Fsp3) is 0.310. The third-order valence-corrected chi connectivity index (χ3v) is 6.58. The molecule has 2 heterocycles. The summed E-state index contributed by atoms with van der Waals surface area (Å²) in [4.78, 5) is 54.4. The highest BCUT2D eigenvalue weighted by molar-refractivity contribution is 5.92. The van der Waals surface area contributed by atoms with Crippen molar-refractivity contribution in [3.63, 3.8) is 0 Å². The van der Waals surface area contributed by atoms with Gasteiger partial charge in [0.25, 0.3) is 6.04 Å². The zero-order chi connectivity index (χ0) is 29.2. The van der Waals surface area contributed by atoms with E-state index in [2.05, 4.69) is 15.7 Å². The normalized spacial score (nSPS) is 16.2. The predicted octanol–water partition coefficient (Wildman–Crippen LogP) is 3.21. The number of nitrogens with one attached hydrogen (secondary N) is 2. The number of hydrogen-bond acceptors (Lipinski definition) is 7. The Labute approximate surface area is 236 Å². The molecule has 2 amide bonds. The molecular weight excluding hydrogens is 530 g/mol. The molecule has 12 nitrogen and oxygen atoms in total. The number of benzene rings is 2. The number of carboxylic acid groups (broad SMARTS) is 1. The maximum absolute atomic E-state index is 12.8. The van der Waals surface area contributed by atoms with Crippen LogP contribution in [0.2, 0.25) is 0 Å². The molecule has 3 N–H and O–H groups in total. The minimum atomic E-state index is -1.02. The van der Waals surface area contributed by atoms with E-state index in [1.54, 1.807) is 66.8 Å². The van der Waals surface area contributed by atoms with E-state index in [1.165, 1.54) is 12.1 Å². The molecule has 1 aliphatic heterocycles. The number of likely N-dealkylation sites (tertiary alicyclic amines) is 1. The fourth-order valence-electron chi connectivity index (χ4n) is 4.47. The van der Waals surface area contributed by atoms with Crippen molar-refractivity contribution in [2.75, 3.05) is 32.1 Å². The van der Waals surface area contributed by atoms with Crippen LogP contribution >= 0.6 is 0 Å². The van der Waals surface area contributed by atoms with Gasteiger partial charge in [-0.25, -0.2) is 4.79 Å². The third kappa shape index (κ3) is 8.01. The number of rotatable bonds is 14. The zero-order valence-electron chi connectivity index (χ0n) is 22.6. The minimum absolute atomic E-state index is 0.0990. The summed E-state index contributed by atoms with van der Waals surface area (Å²) in [5.74, 6) is -0.0790. The second-order valence-electron chi connectivity index (χ2n) is 9.44. The van der Waals surface area contributed by atoms with Crippen LogP contribution in [0.1, 0.15) is 41.2 Å². The van der Waals surface area contributed by atoms with Crippen LogP contribution in [0.4, 0.5) is 5.69 Å². The van der Waals surface area contributed by atoms with Gasteiger partial charge in [0.1, 0.15) is 35.6 Å². The summed E-state index contributed by atoms with van der Waals surface area (Å²) in [5, 5.41) is 11.7. The number of aromatic carboxylic acids is 1. The number of likely N-dealkylation sites (N-methyl/N-ethyl adjacent to an activating group) is 1. The summed E-state index contributed by atoms with van der Waals surface area (Å²) >= 11 is 0. The first-order chi connectivity index (χ1) is 19.8. The third-order valence-electron chi connectivity index (χ3n) is 6.58. The Kier molecular flexibility index (Phi) is 9.81. The lowest BCUT2D eigenvalue weighted by Gasteiger charge is -2.20. The van der Waals surface area contributed by atoms with Crippen molar-refractivity contribution in [2.45, 2.75) is 31.3 Å². The summed E-state index contributed by atoms with van der Waals surface area (Å²) in [6.07, 6.45) is 4.18. The minimum Gasteiger partial charge on any atom is -0.494 e. The van der Waals surface area contributed by atoms with Crippen LogP contribution in [-0.2, 0) is 9.59 Å². The van der Waals surface area contributed by atoms with Crippen molar-refractivity contribution in [2.24, 2.45) is 0 Å². The number of ether oxygens (including phenoxy) is 2. The number of nitrogens with zero attached hydrogens (tertiary/aromatic N) is 3. The number of hydrogen-bond donors (Lipinski definition) is 3. The molecular formula is C29H32N5O7+. The Morgan fingerprint density at radius 1 is 1.05 bits per heavy atom. The molecule has 12 heteroatoms. The van der Waals surface area contributed by atoms with Crippen LogP contribution in [0.5, 0.6) is 11.5 Å². The fourth-order valence-corrected chi connectivity index (χ4v) is 4.47. The van der Waals surface area contributed by atoms with E-state index in [0.717, 1.165) is 10.4 Å². The van der Waals surface area contributed by atoms with E-state index in [9.17, 15) is 19.3 Å². The standard InChI is InChI=1S/C29H31N5O7/c1-33-27(36)18-25(28(33)21-4-2-14-30-19-21)34(39)31-15-17-41-24-12-10-23(11-13-24)40-16-3-5-26(35)32-22-8-6-20(7-9-22)29(37)38/h2,4,6-14,19,25,28H,3,5,15-18H2,1H3,(H2-,31,32,35,37,38,39)/p+1/t25-,28+/m0/s1. The van der Waals surface area contributed by atoms with Crippen LogP contribution < -0.4 is 20.2 Å². The van der Waals surface area contributed by atoms with Crippen molar-refractivity contribution in [3.05, 3.63) is 89.1 Å². The smallest absolute Gasteiger partial charge is 0.335 e. The molecule has 3 aromatic rings. The average Bonchev–Trinajstić information content (AvgIpc) is 3.28. The van der Waals surface area contributed by atoms with E-state index in [-0.39, 0.29) is 49.4 Å². The number of carbonyl (C=O) groups is 3. The lowest BCUT2D eigenvalue weighted by Crippen LogP contribution is -2.41. The van der Waals surface area contributed by atoms with E-state index in [0.29, 0.717) is 30.2 Å². The maximum atomic E-state index is 12.8. The van der Waals surface area contributed by atoms with Crippen LogP contribution in [0, 0.1) is 4.91 Å². The van der Waals surface area contributed by atoms with Gasteiger partial charge in [-0.2, -0.15) is 0 Å². The molecule has 2 atom stereocenters. The van der Waals surface area contributed by atoms with Crippen molar-refractivity contribution in [1.82, 2.24) is 15.3 Å². The summed E-state index contributed by atoms with van der Waals surface area (Å²) in [6.45, 7) is 0.830. The Balaban J connectivity index is 1.13. The molecule has 1 aromatic heterocycles. The van der Waals surface area contributed by atoms with Crippen molar-refractivity contribution in [3.8, 4) is 11.5 Å². The van der Waals surface area contributed by atoms with Crippen molar-refractivity contribution < 1.29 is 33.8 Å². The Bertz CT molecular complexity index is 1350. The highest BCUT2D eigenvalue weighted by atomic mass is 16.5. The monoisotopic (exact) mass is 562 g/mol. The van der Waals surface area contributed by atoms with E-state index >= 15 is 0 Å². The molecule has 0 unspecified atom stereocenters. The van der Waals surface area contributed by atoms with Gasteiger partial charge >= 0.3 is 5.97 Å². The highest BCUT2D eigenvalue weighted by Crippen LogP contribution is 2.32. The second-order valence-corrected chi connectivity index (χ2v) is 9.44. The number of pyridine rings is 1. The first-order valence-electron chi connectivity index (χ1n) is 13.2. The van der Waals surface area contributed by atoms with Crippen molar-refractivity contribution >= 4 is 23.5 Å². The quantitative estimate of drug-likeness (QED) is 0.153. The molecule has 214 valence electrons. The summed E-state index contributed by atoms with van der Waals surface area (Å²) in [5.41, 5.74) is 4.28. The molecule has 0 radical (unpaired) electrons. The second kappa shape index (κ2) is 13.9. The van der Waals surface area contributed by atoms with Crippen molar-refractivity contribution in [1.29, 1.82) is 0 Å². The lowest BCUT2D eigenvalue weighted by molar-refractivity contribution is -0.643. The van der Waals surface area contributed by atoms with Gasteiger partial charge in [0.15, 0.2) is 0 Å². The maximum Gasteiger partial charge on any atom is 0.335 e. The van der Waals surface area contributed by atoms with E-state index < -0.39 is 12.0 Å². The van der Waals surface area contributed by atoms with Crippen LogP contribution in [0.15, 0.2) is 73.1 Å². The summed E-state index contributed by atoms with van der Waals surface area (Å²) in [7, 11) is 1.69. The molecule has 1 aliphatic rings. The largest absolute Gasteiger partial charge is 0.494 e. The van der Waals surface area contributed by atoms with Crippen LogP contribution in [-0.4, -0.2) is 70.5 Å². The van der Waals surface area contributed by atoms with Gasteiger partial charge in [0.2, 0.25) is 11.8 Å². The molecule has 0 saturated carbocycles. The van der Waals surface area contributed by atoms with Crippen LogP contribution in [0.25, 0.3) is 0 Å². The van der Waals surface area contributed by atoms with E-state index in [1.807, 2.05) is 6.07 Å². The number of anilines is 1. The predicted molar refractivity (Wildman–Crippen MR) is 148 cm³/mol. The molecule has 2 aromatic carbocycles. The SMILES string of the molecule is CN1C(=O)C[C@H]([N+](=O)NCCOc2ccc(OCCCC(=O)Nc3ccc(C(=O)O)cc3)cc2)[C@H]1c1cccnc1. The molecule has 0 aliphatic carbocycles. The Morgan fingerprint density at radius 3 is 2.37 bits per heavy atom. The topological polar surface area (TPSA) is 150 Å². The number of hydrazine groups is 1. The van der Waals surface area contributed by atoms with Gasteiger partial charge < -0.3 is 24.8 Å².